The standard InChI is InChI=1S/C19H31N2/c1-4-10-19(11-5-1)17(20-12-6-2-7-13-20)16-18(19)21-14-8-3-9-15-21/h16H,1-15H2/q+1. The molecule has 0 amide bonds. The minimum Gasteiger partial charge on any atom is -0.374 e. The lowest BCUT2D eigenvalue weighted by Crippen LogP contribution is -2.53. The van der Waals surface area contributed by atoms with Crippen LogP contribution < -0.4 is 0 Å². The lowest BCUT2D eigenvalue weighted by atomic mass is 9.61. The fraction of sp³-hybridized carbons (Fsp3) is 0.842. The van der Waals surface area contributed by atoms with Gasteiger partial charge in [-0.25, -0.2) is 4.58 Å². The highest BCUT2D eigenvalue weighted by Gasteiger charge is 2.53. The first-order valence-corrected chi connectivity index (χ1v) is 9.50. The van der Waals surface area contributed by atoms with Gasteiger partial charge in [0.2, 0.25) is 0 Å². The van der Waals surface area contributed by atoms with Crippen molar-refractivity contribution in [2.24, 2.45) is 5.41 Å². The van der Waals surface area contributed by atoms with Gasteiger partial charge in [0.1, 0.15) is 13.1 Å². The van der Waals surface area contributed by atoms with Gasteiger partial charge in [-0.2, -0.15) is 0 Å². The zero-order valence-electron chi connectivity index (χ0n) is 13.6. The van der Waals surface area contributed by atoms with E-state index >= 15 is 0 Å². The lowest BCUT2D eigenvalue weighted by molar-refractivity contribution is -0.541. The predicted molar refractivity (Wildman–Crippen MR) is 87.9 cm³/mol. The number of likely N-dealkylation sites (tertiary alicyclic amines) is 1. The first-order chi connectivity index (χ1) is 10.4. The molecule has 1 saturated carbocycles. The van der Waals surface area contributed by atoms with E-state index in [2.05, 4.69) is 15.6 Å². The number of hydrogen-bond acceptors (Lipinski definition) is 1. The molecule has 2 aliphatic carbocycles. The average molecular weight is 287 g/mol. The van der Waals surface area contributed by atoms with Crippen molar-refractivity contribution < 1.29 is 4.58 Å². The second-order valence-corrected chi connectivity index (χ2v) is 7.65. The predicted octanol–water partition coefficient (Wildman–Crippen LogP) is 3.96. The molecule has 0 N–H and O–H groups in total. The molecule has 2 nitrogen and oxygen atoms in total. The van der Waals surface area contributed by atoms with Crippen molar-refractivity contribution in [2.75, 3.05) is 26.2 Å². The molecule has 3 fully saturated rings. The number of allylic oxidation sites excluding steroid dienone is 2. The molecule has 116 valence electrons. The summed E-state index contributed by atoms with van der Waals surface area (Å²) in [6.45, 7) is 5.28. The molecule has 0 bridgehead atoms. The minimum atomic E-state index is 0.479. The van der Waals surface area contributed by atoms with Gasteiger partial charge in [-0.15, -0.1) is 0 Å². The number of hydrogen-bond donors (Lipinski definition) is 0. The van der Waals surface area contributed by atoms with E-state index in [1.807, 2.05) is 0 Å². The molecule has 4 aliphatic rings. The Labute approximate surface area is 129 Å². The summed E-state index contributed by atoms with van der Waals surface area (Å²) in [5.41, 5.74) is 3.96. The van der Waals surface area contributed by atoms with E-state index in [9.17, 15) is 0 Å². The molecule has 4 rings (SSSR count). The SMILES string of the molecule is C1=C(N2CCCCC2)C2(CCCCC2)C1=[N+]1CCCCC1. The van der Waals surface area contributed by atoms with E-state index in [0.717, 1.165) is 0 Å². The molecule has 0 unspecified atom stereocenters. The molecule has 2 heteroatoms. The highest BCUT2D eigenvalue weighted by molar-refractivity contribution is 6.05. The molecule has 0 aromatic heterocycles. The minimum absolute atomic E-state index is 0.479. The summed E-state index contributed by atoms with van der Waals surface area (Å²) >= 11 is 0. The van der Waals surface area contributed by atoms with Crippen LogP contribution >= 0.6 is 0 Å². The summed E-state index contributed by atoms with van der Waals surface area (Å²) in [4.78, 5) is 2.75. The molecule has 2 aliphatic heterocycles. The van der Waals surface area contributed by atoms with Crippen molar-refractivity contribution in [3.8, 4) is 0 Å². The van der Waals surface area contributed by atoms with Crippen LogP contribution in [0, 0.1) is 5.41 Å². The van der Waals surface area contributed by atoms with Gasteiger partial charge in [-0.3, -0.25) is 0 Å². The van der Waals surface area contributed by atoms with Crippen LogP contribution in [0.15, 0.2) is 11.8 Å². The van der Waals surface area contributed by atoms with Crippen molar-refractivity contribution in [3.63, 3.8) is 0 Å². The molecule has 0 aromatic carbocycles. The third-order valence-corrected chi connectivity index (χ3v) is 6.35. The Morgan fingerprint density at radius 1 is 0.762 bits per heavy atom. The van der Waals surface area contributed by atoms with E-state index in [0.29, 0.717) is 5.41 Å². The van der Waals surface area contributed by atoms with Crippen molar-refractivity contribution >= 4 is 5.71 Å². The first-order valence-electron chi connectivity index (χ1n) is 9.50. The lowest BCUT2D eigenvalue weighted by Gasteiger charge is -2.49. The van der Waals surface area contributed by atoms with E-state index in [-0.39, 0.29) is 0 Å². The van der Waals surface area contributed by atoms with Crippen molar-refractivity contribution in [1.82, 2.24) is 4.90 Å². The fourth-order valence-corrected chi connectivity index (χ4v) is 5.18. The van der Waals surface area contributed by atoms with E-state index in [4.69, 9.17) is 0 Å². The fourth-order valence-electron chi connectivity index (χ4n) is 5.18. The molecule has 1 spiro atoms. The molecule has 0 atom stereocenters. The van der Waals surface area contributed by atoms with Gasteiger partial charge in [0.15, 0.2) is 5.71 Å². The highest BCUT2D eigenvalue weighted by Crippen LogP contribution is 2.51. The average Bonchev–Trinajstić information content (AvgIpc) is 2.57. The van der Waals surface area contributed by atoms with Gasteiger partial charge < -0.3 is 4.90 Å². The maximum atomic E-state index is 2.75. The number of rotatable bonds is 1. The number of piperidine rings is 2. The summed E-state index contributed by atoms with van der Waals surface area (Å²) in [5.74, 6) is 0. The Morgan fingerprint density at radius 2 is 1.38 bits per heavy atom. The zero-order valence-corrected chi connectivity index (χ0v) is 13.6. The van der Waals surface area contributed by atoms with Gasteiger partial charge in [-0.1, -0.05) is 19.3 Å². The van der Waals surface area contributed by atoms with Crippen LogP contribution in [-0.2, 0) is 0 Å². The third-order valence-electron chi connectivity index (χ3n) is 6.35. The first kappa shape index (κ1) is 13.8. The summed E-state index contributed by atoms with van der Waals surface area (Å²) in [5, 5.41) is 0. The molecule has 21 heavy (non-hydrogen) atoms. The normalized spacial score (nSPS) is 29.3. The number of nitrogens with zero attached hydrogens (tertiary/aromatic N) is 2. The van der Waals surface area contributed by atoms with Gasteiger partial charge >= 0.3 is 0 Å². The summed E-state index contributed by atoms with van der Waals surface area (Å²) in [6.07, 6.45) is 18.3. The van der Waals surface area contributed by atoms with Gasteiger partial charge in [0.05, 0.1) is 5.41 Å². The Bertz CT molecular complexity index is 440. The molecule has 2 saturated heterocycles. The van der Waals surface area contributed by atoms with Crippen molar-refractivity contribution in [2.45, 2.75) is 70.6 Å². The van der Waals surface area contributed by atoms with Crippen LogP contribution in [0.5, 0.6) is 0 Å². The summed E-state index contributed by atoms with van der Waals surface area (Å²) in [7, 11) is 0. The second kappa shape index (κ2) is 5.78. The van der Waals surface area contributed by atoms with E-state index < -0.39 is 0 Å². The molecular weight excluding hydrogens is 256 g/mol. The van der Waals surface area contributed by atoms with Crippen LogP contribution in [0.25, 0.3) is 0 Å². The second-order valence-electron chi connectivity index (χ2n) is 7.65. The Morgan fingerprint density at radius 3 is 2.10 bits per heavy atom. The van der Waals surface area contributed by atoms with Gasteiger partial charge in [0.25, 0.3) is 0 Å². The molecule has 0 radical (unpaired) electrons. The van der Waals surface area contributed by atoms with E-state index in [1.54, 1.807) is 11.4 Å². The van der Waals surface area contributed by atoms with Crippen LogP contribution in [-0.4, -0.2) is 41.4 Å². The summed E-state index contributed by atoms with van der Waals surface area (Å²) < 4.78 is 2.75. The maximum absolute atomic E-state index is 2.75. The van der Waals surface area contributed by atoms with Crippen LogP contribution in [0.2, 0.25) is 0 Å². The largest absolute Gasteiger partial charge is 0.374 e. The Kier molecular flexibility index (Phi) is 3.81. The van der Waals surface area contributed by atoms with Gasteiger partial charge in [0, 0.05) is 37.7 Å². The highest BCUT2D eigenvalue weighted by atomic mass is 15.2. The maximum Gasteiger partial charge on any atom is 0.189 e. The van der Waals surface area contributed by atoms with Crippen molar-refractivity contribution in [3.05, 3.63) is 11.8 Å². The Hall–Kier alpha value is -0.790. The van der Waals surface area contributed by atoms with Gasteiger partial charge in [-0.05, 0) is 38.5 Å². The molecular formula is C19H31N2+. The topological polar surface area (TPSA) is 6.25 Å². The monoisotopic (exact) mass is 287 g/mol. The van der Waals surface area contributed by atoms with Crippen LogP contribution in [0.3, 0.4) is 0 Å². The Balaban J connectivity index is 1.65. The zero-order chi connectivity index (χ0) is 14.1. The smallest absolute Gasteiger partial charge is 0.189 e. The molecule has 0 aromatic rings. The van der Waals surface area contributed by atoms with E-state index in [1.165, 1.54) is 96.8 Å². The van der Waals surface area contributed by atoms with Crippen molar-refractivity contribution in [1.29, 1.82) is 0 Å². The van der Waals surface area contributed by atoms with Crippen LogP contribution in [0.4, 0.5) is 0 Å². The third kappa shape index (κ3) is 2.35. The quantitative estimate of drug-likeness (QED) is 0.662. The molecule has 2 heterocycles. The van der Waals surface area contributed by atoms with Crippen LogP contribution in [0.1, 0.15) is 70.6 Å². The summed E-state index contributed by atoms with van der Waals surface area (Å²) in [6, 6.07) is 0.